The summed E-state index contributed by atoms with van der Waals surface area (Å²) in [5.74, 6) is 1.72. The van der Waals surface area contributed by atoms with E-state index in [9.17, 15) is 0 Å². The summed E-state index contributed by atoms with van der Waals surface area (Å²) in [6.45, 7) is 6.30. The van der Waals surface area contributed by atoms with Crippen LogP contribution in [0.3, 0.4) is 0 Å². The third-order valence-corrected chi connectivity index (χ3v) is 3.39. The Kier molecular flexibility index (Phi) is 4.20. The molecule has 0 N–H and O–H groups in total. The smallest absolute Gasteiger partial charge is 0.127 e. The van der Waals surface area contributed by atoms with Crippen LogP contribution in [0, 0.1) is 0 Å². The molecule has 0 unspecified atom stereocenters. The number of thiol groups is 1. The van der Waals surface area contributed by atoms with E-state index in [-0.39, 0.29) is 4.75 Å². The summed E-state index contributed by atoms with van der Waals surface area (Å²) in [6.07, 6.45) is 1.05. The molecule has 2 aromatic carbocycles. The molecule has 0 saturated heterocycles. The number of aryl methyl sites for hydroxylation is 1. The molecule has 0 atom stereocenters. The molecule has 0 aliphatic carbocycles. The Balaban J connectivity index is 2.10. The van der Waals surface area contributed by atoms with Gasteiger partial charge in [-0.3, -0.25) is 0 Å². The van der Waals surface area contributed by atoms with Crippen molar-refractivity contribution in [1.82, 2.24) is 0 Å². The Morgan fingerprint density at radius 3 is 1.79 bits per heavy atom. The van der Waals surface area contributed by atoms with Crippen molar-refractivity contribution in [3.63, 3.8) is 0 Å². The molecule has 100 valence electrons. The molecule has 0 radical (unpaired) electrons. The minimum absolute atomic E-state index is 0.124. The summed E-state index contributed by atoms with van der Waals surface area (Å²) in [7, 11) is 0. The molecule has 0 saturated carbocycles. The lowest BCUT2D eigenvalue weighted by molar-refractivity contribution is 0.482. The van der Waals surface area contributed by atoms with Crippen LogP contribution in [0.15, 0.2) is 48.5 Å². The van der Waals surface area contributed by atoms with E-state index in [1.165, 1.54) is 11.1 Å². The average Bonchev–Trinajstić information content (AvgIpc) is 2.39. The molecule has 0 fully saturated rings. The molecule has 2 aromatic rings. The zero-order chi connectivity index (χ0) is 13.9. The second-order valence-electron chi connectivity index (χ2n) is 5.18. The van der Waals surface area contributed by atoms with Gasteiger partial charge in [0, 0.05) is 4.75 Å². The van der Waals surface area contributed by atoms with E-state index in [2.05, 4.69) is 57.7 Å². The van der Waals surface area contributed by atoms with E-state index >= 15 is 0 Å². The van der Waals surface area contributed by atoms with Gasteiger partial charge in [0.25, 0.3) is 0 Å². The molecule has 2 heteroatoms. The van der Waals surface area contributed by atoms with Crippen LogP contribution in [0.2, 0.25) is 0 Å². The average molecular weight is 272 g/mol. The molecule has 2 rings (SSSR count). The summed E-state index contributed by atoms with van der Waals surface area (Å²) in [6, 6.07) is 16.3. The predicted octanol–water partition coefficient (Wildman–Crippen LogP) is 5.21. The van der Waals surface area contributed by atoms with E-state index in [0.29, 0.717) is 0 Å². The van der Waals surface area contributed by atoms with E-state index < -0.39 is 0 Å². The van der Waals surface area contributed by atoms with E-state index in [0.717, 1.165) is 17.9 Å². The van der Waals surface area contributed by atoms with E-state index in [1.807, 2.05) is 24.3 Å². The first-order chi connectivity index (χ1) is 8.99. The van der Waals surface area contributed by atoms with Crippen molar-refractivity contribution in [2.24, 2.45) is 0 Å². The van der Waals surface area contributed by atoms with Gasteiger partial charge in [-0.2, -0.15) is 12.6 Å². The largest absolute Gasteiger partial charge is 0.457 e. The van der Waals surface area contributed by atoms with Gasteiger partial charge in [0.1, 0.15) is 11.5 Å². The number of rotatable bonds is 4. The maximum atomic E-state index is 5.82. The Morgan fingerprint density at radius 2 is 1.37 bits per heavy atom. The van der Waals surface area contributed by atoms with Gasteiger partial charge < -0.3 is 4.74 Å². The highest BCUT2D eigenvalue weighted by Gasteiger charge is 2.14. The van der Waals surface area contributed by atoms with Gasteiger partial charge in [0.15, 0.2) is 0 Å². The molecule has 19 heavy (non-hydrogen) atoms. The predicted molar refractivity (Wildman–Crippen MR) is 84.3 cm³/mol. The minimum atomic E-state index is -0.124. The van der Waals surface area contributed by atoms with Gasteiger partial charge >= 0.3 is 0 Å². The fraction of sp³-hybridized carbons (Fsp3) is 0.294. The van der Waals surface area contributed by atoms with Crippen molar-refractivity contribution < 1.29 is 4.74 Å². The summed E-state index contributed by atoms with van der Waals surface area (Å²) < 4.78 is 5.70. The van der Waals surface area contributed by atoms with E-state index in [4.69, 9.17) is 4.74 Å². The van der Waals surface area contributed by atoms with Crippen LogP contribution in [-0.4, -0.2) is 0 Å². The van der Waals surface area contributed by atoms with Crippen molar-refractivity contribution in [2.45, 2.75) is 31.9 Å². The molecule has 0 heterocycles. The highest BCUT2D eigenvalue weighted by molar-refractivity contribution is 7.81. The van der Waals surface area contributed by atoms with Gasteiger partial charge in [0.2, 0.25) is 0 Å². The number of hydrogen-bond donors (Lipinski definition) is 1. The van der Waals surface area contributed by atoms with Crippen molar-refractivity contribution in [3.8, 4) is 11.5 Å². The fourth-order valence-electron chi connectivity index (χ4n) is 1.86. The van der Waals surface area contributed by atoms with Gasteiger partial charge in [-0.15, -0.1) is 0 Å². The second kappa shape index (κ2) is 5.70. The Hall–Kier alpha value is -1.41. The Morgan fingerprint density at radius 1 is 0.895 bits per heavy atom. The molecular formula is C17H20OS. The maximum absolute atomic E-state index is 5.82. The lowest BCUT2D eigenvalue weighted by atomic mass is 10.0. The third kappa shape index (κ3) is 3.77. The molecule has 0 amide bonds. The first-order valence-corrected chi connectivity index (χ1v) is 7.03. The lowest BCUT2D eigenvalue weighted by Gasteiger charge is -2.18. The Labute approximate surface area is 121 Å². The van der Waals surface area contributed by atoms with Crippen LogP contribution in [0.5, 0.6) is 11.5 Å². The monoisotopic (exact) mass is 272 g/mol. The van der Waals surface area contributed by atoms with Crippen LogP contribution < -0.4 is 4.74 Å². The third-order valence-electron chi connectivity index (χ3n) is 3.13. The van der Waals surface area contributed by atoms with Crippen LogP contribution in [-0.2, 0) is 11.2 Å². The molecular weight excluding hydrogens is 252 g/mol. The van der Waals surface area contributed by atoms with Crippen molar-refractivity contribution in [1.29, 1.82) is 0 Å². The number of hydrogen-bond acceptors (Lipinski definition) is 2. The highest BCUT2D eigenvalue weighted by atomic mass is 32.1. The standard InChI is InChI=1S/C17H20OS/c1-4-13-5-9-15(10-6-13)18-16-11-7-14(8-12-16)17(2,3)19/h5-12,19H,4H2,1-3H3. The van der Waals surface area contributed by atoms with Gasteiger partial charge in [-0.05, 0) is 55.7 Å². The van der Waals surface area contributed by atoms with Crippen LogP contribution in [0.25, 0.3) is 0 Å². The zero-order valence-corrected chi connectivity index (χ0v) is 12.6. The lowest BCUT2D eigenvalue weighted by Crippen LogP contribution is -2.06. The maximum Gasteiger partial charge on any atom is 0.127 e. The second-order valence-corrected chi connectivity index (χ2v) is 6.30. The van der Waals surface area contributed by atoms with Crippen molar-refractivity contribution >= 4 is 12.6 Å². The summed E-state index contributed by atoms with van der Waals surface area (Å²) >= 11 is 4.56. The normalized spacial score (nSPS) is 11.4. The Bertz CT molecular complexity index is 521. The van der Waals surface area contributed by atoms with Crippen molar-refractivity contribution in [2.75, 3.05) is 0 Å². The molecule has 0 aromatic heterocycles. The minimum Gasteiger partial charge on any atom is -0.457 e. The molecule has 1 nitrogen and oxygen atoms in total. The molecule has 0 bridgehead atoms. The van der Waals surface area contributed by atoms with Gasteiger partial charge in [0.05, 0.1) is 0 Å². The van der Waals surface area contributed by atoms with Crippen LogP contribution in [0.1, 0.15) is 31.9 Å². The molecule has 0 aliphatic heterocycles. The first kappa shape index (κ1) is 14.0. The van der Waals surface area contributed by atoms with Crippen LogP contribution >= 0.6 is 12.6 Å². The first-order valence-electron chi connectivity index (χ1n) is 6.59. The highest BCUT2D eigenvalue weighted by Crippen LogP contribution is 2.29. The topological polar surface area (TPSA) is 9.23 Å². The summed E-state index contributed by atoms with van der Waals surface area (Å²) in [4.78, 5) is 0. The van der Waals surface area contributed by atoms with Gasteiger partial charge in [-0.25, -0.2) is 0 Å². The molecule has 0 spiro atoms. The number of ether oxygens (including phenoxy) is 1. The fourth-order valence-corrected chi connectivity index (χ4v) is 2.01. The van der Waals surface area contributed by atoms with Crippen LogP contribution in [0.4, 0.5) is 0 Å². The SMILES string of the molecule is CCc1ccc(Oc2ccc(C(C)(C)S)cc2)cc1. The van der Waals surface area contributed by atoms with Gasteiger partial charge in [-0.1, -0.05) is 31.2 Å². The quantitative estimate of drug-likeness (QED) is 0.752. The van der Waals surface area contributed by atoms with E-state index in [1.54, 1.807) is 0 Å². The number of benzene rings is 2. The molecule has 0 aliphatic rings. The summed E-state index contributed by atoms with van der Waals surface area (Å²) in [5.41, 5.74) is 2.50. The zero-order valence-electron chi connectivity index (χ0n) is 11.7. The van der Waals surface area contributed by atoms with Crippen molar-refractivity contribution in [3.05, 3.63) is 59.7 Å². The summed E-state index contributed by atoms with van der Waals surface area (Å²) in [5, 5.41) is 0.